The van der Waals surface area contributed by atoms with Gasteiger partial charge >= 0.3 is 0 Å². The maximum atomic E-state index is 14.0. The van der Waals surface area contributed by atoms with Crippen LogP contribution >= 0.6 is 22.9 Å². The number of nitrogens with zero attached hydrogens (tertiary/aromatic N) is 1. The summed E-state index contributed by atoms with van der Waals surface area (Å²) in [4.78, 5) is 3.20. The maximum absolute atomic E-state index is 14.0. The van der Waals surface area contributed by atoms with Crippen molar-refractivity contribution in [1.29, 1.82) is 0 Å². The Hall–Kier alpha value is -0.940. The van der Waals surface area contributed by atoms with Crippen LogP contribution in [0.2, 0.25) is 4.34 Å². The second kappa shape index (κ2) is 6.68. The highest BCUT2D eigenvalue weighted by atomic mass is 35.5. The van der Waals surface area contributed by atoms with Crippen molar-refractivity contribution >= 4 is 22.9 Å². The van der Waals surface area contributed by atoms with E-state index < -0.39 is 0 Å². The minimum atomic E-state index is -0.217. The summed E-state index contributed by atoms with van der Waals surface area (Å²) in [5, 5.41) is 0. The number of rotatable bonds is 5. The third-order valence-electron chi connectivity index (χ3n) is 3.23. The Labute approximate surface area is 128 Å². The lowest BCUT2D eigenvalue weighted by Gasteiger charge is -2.31. The number of thiophene rings is 1. The van der Waals surface area contributed by atoms with Crippen molar-refractivity contribution in [2.45, 2.75) is 25.6 Å². The average Bonchev–Trinajstić information content (AvgIpc) is 2.77. The number of halogens is 2. The van der Waals surface area contributed by atoms with Gasteiger partial charge in [-0.1, -0.05) is 29.8 Å². The van der Waals surface area contributed by atoms with Crippen molar-refractivity contribution in [3.8, 4) is 0 Å². The SMILES string of the molecule is CC(N)C(c1ccccc1F)N(C)Cc1ccc(Cl)s1. The predicted octanol–water partition coefficient (Wildman–Crippen LogP) is 4.06. The van der Waals surface area contributed by atoms with E-state index in [4.69, 9.17) is 17.3 Å². The highest BCUT2D eigenvalue weighted by Gasteiger charge is 2.24. The van der Waals surface area contributed by atoms with E-state index in [1.54, 1.807) is 12.1 Å². The van der Waals surface area contributed by atoms with Crippen LogP contribution in [-0.2, 0) is 6.54 Å². The number of likely N-dealkylation sites (N-methyl/N-ethyl adjacent to an activating group) is 1. The average molecular weight is 313 g/mol. The van der Waals surface area contributed by atoms with Crippen LogP contribution in [0.5, 0.6) is 0 Å². The molecule has 0 amide bonds. The summed E-state index contributed by atoms with van der Waals surface area (Å²) in [6.07, 6.45) is 0. The fourth-order valence-electron chi connectivity index (χ4n) is 2.42. The number of benzene rings is 1. The molecule has 0 saturated carbocycles. The molecule has 2 nitrogen and oxygen atoms in total. The first kappa shape index (κ1) is 15.4. The van der Waals surface area contributed by atoms with Gasteiger partial charge in [0.15, 0.2) is 0 Å². The standard InChI is InChI=1S/C15H18ClFN2S/c1-10(18)15(12-5-3-4-6-13(12)17)19(2)9-11-7-8-14(16)20-11/h3-8,10,15H,9,18H2,1-2H3. The summed E-state index contributed by atoms with van der Waals surface area (Å²) in [7, 11) is 1.95. The van der Waals surface area contributed by atoms with Gasteiger partial charge in [-0.3, -0.25) is 4.90 Å². The molecule has 0 saturated heterocycles. The van der Waals surface area contributed by atoms with Crippen molar-refractivity contribution in [1.82, 2.24) is 4.90 Å². The molecule has 0 fully saturated rings. The molecule has 0 aliphatic heterocycles. The van der Waals surface area contributed by atoms with Gasteiger partial charge in [0.05, 0.1) is 10.4 Å². The molecule has 20 heavy (non-hydrogen) atoms. The predicted molar refractivity (Wildman–Crippen MR) is 83.6 cm³/mol. The molecular weight excluding hydrogens is 295 g/mol. The van der Waals surface area contributed by atoms with E-state index in [0.717, 1.165) is 9.21 Å². The molecule has 5 heteroatoms. The van der Waals surface area contributed by atoms with E-state index in [9.17, 15) is 4.39 Å². The van der Waals surface area contributed by atoms with Crippen LogP contribution in [0.3, 0.4) is 0 Å². The molecule has 2 N–H and O–H groups in total. The van der Waals surface area contributed by atoms with E-state index in [2.05, 4.69) is 4.90 Å². The Bertz CT molecular complexity index is 571. The smallest absolute Gasteiger partial charge is 0.128 e. The summed E-state index contributed by atoms with van der Waals surface area (Å²) in [6, 6.07) is 10.3. The normalized spacial score (nSPS) is 14.5. The zero-order valence-corrected chi connectivity index (χ0v) is 13.1. The molecule has 0 aliphatic rings. The molecule has 108 valence electrons. The Balaban J connectivity index is 2.22. The first-order valence-electron chi connectivity index (χ1n) is 6.43. The molecule has 0 radical (unpaired) electrons. The van der Waals surface area contributed by atoms with Gasteiger partial charge in [0.1, 0.15) is 5.82 Å². The van der Waals surface area contributed by atoms with Gasteiger partial charge in [0.2, 0.25) is 0 Å². The van der Waals surface area contributed by atoms with E-state index in [0.29, 0.717) is 12.1 Å². The highest BCUT2D eigenvalue weighted by molar-refractivity contribution is 7.16. The molecule has 1 aromatic carbocycles. The largest absolute Gasteiger partial charge is 0.326 e. The fraction of sp³-hybridized carbons (Fsp3) is 0.333. The third kappa shape index (κ3) is 3.58. The fourth-order valence-corrected chi connectivity index (χ4v) is 3.57. The van der Waals surface area contributed by atoms with Crippen LogP contribution in [0, 0.1) is 5.82 Å². The lowest BCUT2D eigenvalue weighted by atomic mass is 9.99. The number of nitrogens with two attached hydrogens (primary N) is 1. The van der Waals surface area contributed by atoms with Gasteiger partial charge in [0, 0.05) is 23.0 Å². The lowest BCUT2D eigenvalue weighted by Crippen LogP contribution is -2.37. The summed E-state index contributed by atoms with van der Waals surface area (Å²) in [5.41, 5.74) is 6.70. The number of hydrogen-bond donors (Lipinski definition) is 1. The van der Waals surface area contributed by atoms with Crippen LogP contribution in [-0.4, -0.2) is 18.0 Å². The van der Waals surface area contributed by atoms with Gasteiger partial charge in [-0.05, 0) is 32.2 Å². The summed E-state index contributed by atoms with van der Waals surface area (Å²) in [6.45, 7) is 2.59. The van der Waals surface area contributed by atoms with E-state index in [1.165, 1.54) is 17.4 Å². The first-order chi connectivity index (χ1) is 9.49. The quantitative estimate of drug-likeness (QED) is 0.902. The lowest BCUT2D eigenvalue weighted by molar-refractivity contribution is 0.208. The molecule has 0 spiro atoms. The van der Waals surface area contributed by atoms with Crippen LogP contribution < -0.4 is 5.73 Å². The molecule has 1 aromatic heterocycles. The Morgan fingerprint density at radius 3 is 2.55 bits per heavy atom. The van der Waals surface area contributed by atoms with Crippen molar-refractivity contribution in [3.05, 3.63) is 57.0 Å². The zero-order chi connectivity index (χ0) is 14.7. The summed E-state index contributed by atoms with van der Waals surface area (Å²) >= 11 is 7.48. The first-order valence-corrected chi connectivity index (χ1v) is 7.63. The van der Waals surface area contributed by atoms with Crippen molar-refractivity contribution < 1.29 is 4.39 Å². The molecule has 2 atom stereocenters. The Morgan fingerprint density at radius 1 is 1.30 bits per heavy atom. The van der Waals surface area contributed by atoms with Crippen LogP contribution in [0.1, 0.15) is 23.4 Å². The summed E-state index contributed by atoms with van der Waals surface area (Å²) < 4.78 is 14.8. The highest BCUT2D eigenvalue weighted by Crippen LogP contribution is 2.29. The second-order valence-electron chi connectivity index (χ2n) is 4.95. The zero-order valence-electron chi connectivity index (χ0n) is 11.5. The van der Waals surface area contributed by atoms with Gasteiger partial charge in [0.25, 0.3) is 0 Å². The molecule has 1 heterocycles. The van der Waals surface area contributed by atoms with Crippen LogP contribution in [0.25, 0.3) is 0 Å². The van der Waals surface area contributed by atoms with Crippen LogP contribution in [0.15, 0.2) is 36.4 Å². The maximum Gasteiger partial charge on any atom is 0.128 e. The third-order valence-corrected chi connectivity index (χ3v) is 4.45. The van der Waals surface area contributed by atoms with E-state index in [1.807, 2.05) is 32.2 Å². The van der Waals surface area contributed by atoms with Gasteiger partial charge in [-0.15, -0.1) is 11.3 Å². The molecule has 2 aromatic rings. The monoisotopic (exact) mass is 312 g/mol. The molecule has 2 unspecified atom stereocenters. The van der Waals surface area contributed by atoms with E-state index >= 15 is 0 Å². The molecule has 0 aliphatic carbocycles. The molecule has 2 rings (SSSR count). The van der Waals surface area contributed by atoms with Gasteiger partial charge in [-0.25, -0.2) is 4.39 Å². The van der Waals surface area contributed by atoms with E-state index in [-0.39, 0.29) is 17.9 Å². The second-order valence-corrected chi connectivity index (χ2v) is 6.75. The minimum absolute atomic E-state index is 0.169. The Kier molecular flexibility index (Phi) is 5.16. The number of hydrogen-bond acceptors (Lipinski definition) is 3. The molecule has 0 bridgehead atoms. The van der Waals surface area contributed by atoms with Gasteiger partial charge in [-0.2, -0.15) is 0 Å². The van der Waals surface area contributed by atoms with Crippen molar-refractivity contribution in [2.24, 2.45) is 5.73 Å². The van der Waals surface area contributed by atoms with Crippen molar-refractivity contribution in [2.75, 3.05) is 7.05 Å². The minimum Gasteiger partial charge on any atom is -0.326 e. The topological polar surface area (TPSA) is 29.3 Å². The summed E-state index contributed by atoms with van der Waals surface area (Å²) in [5.74, 6) is -0.217. The Morgan fingerprint density at radius 2 is 2.00 bits per heavy atom. The van der Waals surface area contributed by atoms with Crippen LogP contribution in [0.4, 0.5) is 4.39 Å². The van der Waals surface area contributed by atoms with Gasteiger partial charge < -0.3 is 5.73 Å². The van der Waals surface area contributed by atoms with Crippen molar-refractivity contribution in [3.63, 3.8) is 0 Å². The molecular formula is C15H18ClFN2S.